The molecule has 2 atom stereocenters. The number of hydrogen-bond donors (Lipinski definition) is 4. The first-order valence-electron chi connectivity index (χ1n) is 24.9. The number of benzene rings is 2. The number of likely N-dealkylation sites (N-methyl/N-ethyl adjacent to an activating group) is 2. The zero-order valence-corrected chi connectivity index (χ0v) is 40.6. The molecule has 2 saturated carbocycles. The lowest BCUT2D eigenvalue weighted by atomic mass is 10.1. The van der Waals surface area contributed by atoms with Crippen LogP contribution in [0.15, 0.2) is 60.7 Å². The van der Waals surface area contributed by atoms with Gasteiger partial charge in [-0.1, -0.05) is 109 Å². The van der Waals surface area contributed by atoms with Crippen molar-refractivity contribution in [2.75, 3.05) is 83.7 Å². The van der Waals surface area contributed by atoms with Crippen molar-refractivity contribution in [2.24, 2.45) is 0 Å². The van der Waals surface area contributed by atoms with Gasteiger partial charge in [-0.3, -0.25) is 19.5 Å². The molecular weight excluding hydrogens is 872 g/mol. The second-order valence-electron chi connectivity index (χ2n) is 18.0. The quantitative estimate of drug-likeness (QED) is 0.0554. The second-order valence-corrected chi connectivity index (χ2v) is 18.0. The Morgan fingerprint density at radius 1 is 0.515 bits per heavy atom. The van der Waals surface area contributed by atoms with Crippen LogP contribution in [0.2, 0.25) is 0 Å². The molecule has 68 heavy (non-hydrogen) atoms. The maximum atomic E-state index is 7.48. The highest BCUT2D eigenvalue weighted by molar-refractivity contribution is 5.85. The highest BCUT2D eigenvalue weighted by atomic mass is 35.5. The molecule has 0 radical (unpaired) electrons. The van der Waals surface area contributed by atoms with Gasteiger partial charge in [0.1, 0.15) is 0 Å². The van der Waals surface area contributed by atoms with Crippen LogP contribution >= 0.6 is 12.4 Å². The fourth-order valence-electron chi connectivity index (χ4n) is 9.85. The lowest BCUT2D eigenvalue weighted by Crippen LogP contribution is -2.35. The number of halogens is 1. The van der Waals surface area contributed by atoms with Crippen LogP contribution in [-0.2, 0) is 0 Å². The van der Waals surface area contributed by atoms with Gasteiger partial charge in [-0.05, 0) is 102 Å². The molecule has 4 aromatic rings. The zero-order chi connectivity index (χ0) is 45.8. The Hall–Kier alpha value is -5.55. The van der Waals surface area contributed by atoms with Gasteiger partial charge in [-0.2, -0.15) is 29.9 Å². The molecule has 2 aliphatic carbocycles. The van der Waals surface area contributed by atoms with Crippen LogP contribution in [-0.4, -0.2) is 116 Å². The molecule has 2 saturated heterocycles. The molecule has 2 aliphatic heterocycles. The van der Waals surface area contributed by atoms with Gasteiger partial charge in [-0.15, -0.1) is 12.4 Å². The van der Waals surface area contributed by atoms with Gasteiger partial charge in [0.05, 0.1) is 11.4 Å². The minimum atomic E-state index is 0. The Kier molecular flexibility index (Phi) is 22.5. The summed E-state index contributed by atoms with van der Waals surface area (Å²) in [5.41, 5.74) is 1.80. The normalized spacial score (nSPS) is 19.0. The monoisotopic (exact) mass is 949 g/mol. The lowest BCUT2D eigenvalue weighted by molar-refractivity contribution is 0.276. The molecule has 368 valence electrons. The fourth-order valence-corrected chi connectivity index (χ4v) is 9.85. The van der Waals surface area contributed by atoms with E-state index in [2.05, 4.69) is 54.6 Å². The second kappa shape index (κ2) is 28.7. The molecule has 0 bridgehead atoms. The molecule has 4 aliphatic rings. The molecule has 17 heteroatoms. The van der Waals surface area contributed by atoms with Crippen molar-refractivity contribution in [3.63, 3.8) is 0 Å². The van der Waals surface area contributed by atoms with E-state index >= 15 is 0 Å². The van der Waals surface area contributed by atoms with E-state index < -0.39 is 0 Å². The summed E-state index contributed by atoms with van der Waals surface area (Å²) < 4.78 is 0. The third-order valence-electron chi connectivity index (χ3n) is 13.5. The van der Waals surface area contributed by atoms with Crippen LogP contribution in [0.3, 0.4) is 0 Å². The summed E-state index contributed by atoms with van der Waals surface area (Å²) >= 11 is 0. The molecule has 8 rings (SSSR count). The summed E-state index contributed by atoms with van der Waals surface area (Å²) in [7, 11) is 0. The molecule has 4 fully saturated rings. The summed E-state index contributed by atoms with van der Waals surface area (Å²) in [6.07, 6.45) is 19.6. The van der Waals surface area contributed by atoms with Crippen LogP contribution in [0.25, 0.3) is 9.69 Å². The summed E-state index contributed by atoms with van der Waals surface area (Å²) in [5.74, 6) is 3.35. The number of nitrogens with one attached hydrogen (secondary N) is 4. The Morgan fingerprint density at radius 2 is 0.882 bits per heavy atom. The summed E-state index contributed by atoms with van der Waals surface area (Å²) in [6.45, 7) is 25.8. The third-order valence-corrected chi connectivity index (χ3v) is 13.5. The molecule has 2 unspecified atom stereocenters. The average Bonchev–Trinajstić information content (AvgIpc) is 3.84. The van der Waals surface area contributed by atoms with Crippen molar-refractivity contribution in [1.82, 2.24) is 39.7 Å². The number of hydrogen-bond acceptors (Lipinski definition) is 14. The van der Waals surface area contributed by atoms with E-state index in [0.29, 0.717) is 59.9 Å². The highest BCUT2D eigenvalue weighted by Crippen LogP contribution is 2.28. The van der Waals surface area contributed by atoms with Gasteiger partial charge in [-0.25, -0.2) is 22.9 Å². The Bertz CT molecular complexity index is 1970. The average molecular weight is 950 g/mol. The van der Waals surface area contributed by atoms with Crippen molar-refractivity contribution < 1.29 is 0 Å². The van der Waals surface area contributed by atoms with Gasteiger partial charge in [0.15, 0.2) is 0 Å². The van der Waals surface area contributed by atoms with E-state index in [-0.39, 0.29) is 33.2 Å². The Morgan fingerprint density at radius 3 is 1.24 bits per heavy atom. The molecule has 2 aromatic carbocycles. The first kappa shape index (κ1) is 53.4. The number of aromatic nitrogens is 6. The Balaban J connectivity index is 0.000000247. The topological polar surface area (TPSA) is 147 Å². The maximum Gasteiger partial charge on any atom is 0.295 e. The minimum absolute atomic E-state index is 0. The molecular formula is C51H77ClN16. The summed E-state index contributed by atoms with van der Waals surface area (Å²) in [5, 5.41) is 14.1. The standard InChI is InChI=1S/2C25H36N8.CH4.ClH/c2*1-3-32-17-11-16-22(32)18-27-23-29-24(28-20-12-7-4-5-8-13-20)31-25(30-23)33(19-26-2)21-14-9-6-10-15-21;;/h2*6,9-10,14-15,20,22H,3-5,7-8,11-13,16-19H2,1H3,(H2,27,28,29,30,31);1H4;1H. The zero-order valence-electron chi connectivity index (χ0n) is 39.8. The maximum absolute atomic E-state index is 7.48. The predicted molar refractivity (Wildman–Crippen MR) is 281 cm³/mol. The lowest BCUT2D eigenvalue weighted by Gasteiger charge is -2.24. The first-order chi connectivity index (χ1) is 32.5. The number of nitrogens with zero attached hydrogens (tertiary/aromatic N) is 12. The molecule has 16 nitrogen and oxygen atoms in total. The number of para-hydroxylation sites is 2. The van der Waals surface area contributed by atoms with E-state index in [1.54, 1.807) is 0 Å². The van der Waals surface area contributed by atoms with Gasteiger partial charge in [0.2, 0.25) is 35.7 Å². The molecule has 0 spiro atoms. The summed E-state index contributed by atoms with van der Waals surface area (Å²) in [4.78, 5) is 44.5. The molecule has 0 amide bonds. The van der Waals surface area contributed by atoms with Gasteiger partial charge >= 0.3 is 0 Å². The smallest absolute Gasteiger partial charge is 0.295 e. The van der Waals surface area contributed by atoms with E-state index in [4.69, 9.17) is 43.0 Å². The minimum Gasteiger partial charge on any atom is -0.352 e. The van der Waals surface area contributed by atoms with Crippen molar-refractivity contribution in [2.45, 2.75) is 148 Å². The third kappa shape index (κ3) is 15.8. The molecule has 2 aromatic heterocycles. The van der Waals surface area contributed by atoms with Gasteiger partial charge in [0.25, 0.3) is 13.3 Å². The van der Waals surface area contributed by atoms with E-state index in [1.165, 1.54) is 77.0 Å². The van der Waals surface area contributed by atoms with Crippen molar-refractivity contribution in [3.05, 3.63) is 83.5 Å². The van der Waals surface area contributed by atoms with Gasteiger partial charge in [0, 0.05) is 37.3 Å². The largest absolute Gasteiger partial charge is 0.352 e. The predicted octanol–water partition coefficient (Wildman–Crippen LogP) is 10.9. The summed E-state index contributed by atoms with van der Waals surface area (Å²) in [6, 6.07) is 21.5. The van der Waals surface area contributed by atoms with Crippen molar-refractivity contribution in [1.29, 1.82) is 0 Å². The van der Waals surface area contributed by atoms with E-state index in [9.17, 15) is 0 Å². The van der Waals surface area contributed by atoms with Crippen LogP contribution in [0.5, 0.6) is 0 Å². The first-order valence-corrected chi connectivity index (χ1v) is 24.9. The highest BCUT2D eigenvalue weighted by Gasteiger charge is 2.26. The fraction of sp³-hybridized carbons (Fsp3) is 0.608. The number of likely N-dealkylation sites (tertiary alicyclic amines) is 2. The number of rotatable bonds is 18. The number of anilines is 8. The Labute approximate surface area is 413 Å². The van der Waals surface area contributed by atoms with Crippen molar-refractivity contribution in [3.8, 4) is 0 Å². The van der Waals surface area contributed by atoms with Crippen LogP contribution < -0.4 is 31.1 Å². The molecule has 4 heterocycles. The van der Waals surface area contributed by atoms with E-state index in [0.717, 1.165) is 76.3 Å². The van der Waals surface area contributed by atoms with Crippen LogP contribution in [0, 0.1) is 13.1 Å². The SMILES string of the molecule is C.Cl.[C-]#[N+]CN(c1ccccc1)c1nc(NCC2CCCN2CC)nc(NC2CCCCCC2)n1.[C-]#[N+]CN(c1ccccc1)c1nc(NCC2CCCN2CC)nc(NC2CCCCCC2)n1. The van der Waals surface area contributed by atoms with Crippen LogP contribution in [0.4, 0.5) is 47.1 Å². The van der Waals surface area contributed by atoms with Crippen molar-refractivity contribution >= 4 is 59.5 Å². The molecule has 4 N–H and O–H groups in total. The van der Waals surface area contributed by atoms with E-state index in [1.807, 2.05) is 70.5 Å². The van der Waals surface area contributed by atoms with Gasteiger partial charge < -0.3 is 21.3 Å². The van der Waals surface area contributed by atoms with Crippen LogP contribution in [0.1, 0.15) is 124 Å².